The van der Waals surface area contributed by atoms with E-state index < -0.39 is 6.04 Å². The lowest BCUT2D eigenvalue weighted by atomic mass is 10.1. The molecule has 2 aromatic carbocycles. The lowest BCUT2D eigenvalue weighted by molar-refractivity contribution is -0.138. The van der Waals surface area contributed by atoms with Crippen molar-refractivity contribution in [3.63, 3.8) is 0 Å². The van der Waals surface area contributed by atoms with Crippen molar-refractivity contribution >= 4 is 58.4 Å². The molecule has 1 aliphatic rings. The fourth-order valence-corrected chi connectivity index (χ4v) is 5.46. The van der Waals surface area contributed by atoms with E-state index in [4.69, 9.17) is 34.8 Å². The van der Waals surface area contributed by atoms with Crippen LogP contribution in [0.25, 0.3) is 0 Å². The van der Waals surface area contributed by atoms with Gasteiger partial charge in [0.05, 0.1) is 5.75 Å². The Morgan fingerprint density at radius 3 is 2.50 bits per heavy atom. The molecule has 0 aliphatic heterocycles. The van der Waals surface area contributed by atoms with Crippen molar-refractivity contribution in [2.45, 2.75) is 57.0 Å². The summed E-state index contributed by atoms with van der Waals surface area (Å²) in [6.07, 6.45) is 4.26. The standard InChI is InChI=1S/C24H27Cl3N2O2S/c1-16(24(31)28-21-7-2-3-8-21)29(13-17-5-4-6-19(25)11-17)23(30)15-32-14-18-9-10-20(26)12-22(18)27/h4-6,9-12,16,21H,2-3,7-8,13-15H2,1H3,(H,28,31). The van der Waals surface area contributed by atoms with Gasteiger partial charge in [-0.2, -0.15) is 0 Å². The summed E-state index contributed by atoms with van der Waals surface area (Å²) in [6.45, 7) is 2.11. The van der Waals surface area contributed by atoms with Crippen molar-refractivity contribution in [2.75, 3.05) is 5.75 Å². The van der Waals surface area contributed by atoms with E-state index >= 15 is 0 Å². The first kappa shape index (κ1) is 25.2. The topological polar surface area (TPSA) is 49.4 Å². The Morgan fingerprint density at radius 2 is 1.81 bits per heavy atom. The summed E-state index contributed by atoms with van der Waals surface area (Å²) < 4.78 is 0. The largest absolute Gasteiger partial charge is 0.352 e. The predicted octanol–water partition coefficient (Wildman–Crippen LogP) is 6.36. The SMILES string of the molecule is CC(C(=O)NC1CCCC1)N(Cc1cccc(Cl)c1)C(=O)CSCc1ccc(Cl)cc1Cl. The molecule has 2 aromatic rings. The summed E-state index contributed by atoms with van der Waals surface area (Å²) in [7, 11) is 0. The molecule has 172 valence electrons. The molecule has 0 spiro atoms. The zero-order valence-electron chi connectivity index (χ0n) is 18.0. The van der Waals surface area contributed by atoms with Gasteiger partial charge in [-0.25, -0.2) is 0 Å². The van der Waals surface area contributed by atoms with Gasteiger partial charge < -0.3 is 10.2 Å². The van der Waals surface area contributed by atoms with Gasteiger partial charge in [-0.15, -0.1) is 11.8 Å². The monoisotopic (exact) mass is 512 g/mol. The number of benzene rings is 2. The number of hydrogen-bond acceptors (Lipinski definition) is 3. The Bertz CT molecular complexity index is 951. The van der Waals surface area contributed by atoms with Crippen LogP contribution in [-0.2, 0) is 21.9 Å². The van der Waals surface area contributed by atoms with Crippen molar-refractivity contribution < 1.29 is 9.59 Å². The maximum absolute atomic E-state index is 13.2. The fourth-order valence-electron chi connectivity index (χ4n) is 3.78. The van der Waals surface area contributed by atoms with Gasteiger partial charge in [0, 0.05) is 33.4 Å². The Hall–Kier alpha value is -1.40. The van der Waals surface area contributed by atoms with Gasteiger partial charge in [0.2, 0.25) is 11.8 Å². The number of hydrogen-bond donors (Lipinski definition) is 1. The van der Waals surface area contributed by atoms with Gasteiger partial charge in [0.25, 0.3) is 0 Å². The van der Waals surface area contributed by atoms with Crippen LogP contribution in [0.1, 0.15) is 43.7 Å². The number of amides is 2. The average molecular weight is 514 g/mol. The molecular weight excluding hydrogens is 487 g/mol. The Kier molecular flexibility index (Phi) is 9.60. The minimum absolute atomic E-state index is 0.103. The van der Waals surface area contributed by atoms with Crippen molar-refractivity contribution in [1.29, 1.82) is 0 Å². The molecule has 3 rings (SSSR count). The molecule has 0 heterocycles. The first-order valence-corrected chi connectivity index (χ1v) is 13.0. The number of halogens is 3. The molecule has 1 atom stereocenters. The summed E-state index contributed by atoms with van der Waals surface area (Å²) in [5.41, 5.74) is 1.80. The second-order valence-corrected chi connectivity index (χ2v) is 10.3. The molecule has 32 heavy (non-hydrogen) atoms. The number of rotatable bonds is 9. The van der Waals surface area contributed by atoms with Crippen molar-refractivity contribution in [2.24, 2.45) is 0 Å². The minimum Gasteiger partial charge on any atom is -0.352 e. The van der Waals surface area contributed by atoms with Gasteiger partial charge in [-0.05, 0) is 55.2 Å². The molecule has 1 saturated carbocycles. The molecule has 1 aliphatic carbocycles. The minimum atomic E-state index is -0.582. The summed E-state index contributed by atoms with van der Waals surface area (Å²) in [5.74, 6) is 0.600. The zero-order valence-corrected chi connectivity index (χ0v) is 21.0. The maximum atomic E-state index is 13.2. The van der Waals surface area contributed by atoms with Crippen LogP contribution >= 0.6 is 46.6 Å². The van der Waals surface area contributed by atoms with Crippen LogP contribution in [0.4, 0.5) is 0 Å². The molecular formula is C24H27Cl3N2O2S. The third-order valence-electron chi connectivity index (χ3n) is 5.61. The third-order valence-corrected chi connectivity index (χ3v) is 7.40. The number of nitrogens with one attached hydrogen (secondary N) is 1. The molecule has 0 bridgehead atoms. The first-order valence-electron chi connectivity index (χ1n) is 10.7. The van der Waals surface area contributed by atoms with Crippen molar-refractivity contribution in [3.8, 4) is 0 Å². The van der Waals surface area contributed by atoms with Crippen LogP contribution in [0, 0.1) is 0 Å². The van der Waals surface area contributed by atoms with Crippen LogP contribution in [0.15, 0.2) is 42.5 Å². The highest BCUT2D eigenvalue weighted by molar-refractivity contribution is 7.99. The smallest absolute Gasteiger partial charge is 0.242 e. The van der Waals surface area contributed by atoms with E-state index in [0.717, 1.165) is 36.8 Å². The fraction of sp³-hybridized carbons (Fsp3) is 0.417. The quantitative estimate of drug-likeness (QED) is 0.425. The van der Waals surface area contributed by atoms with E-state index in [-0.39, 0.29) is 23.6 Å². The normalized spacial score (nSPS) is 14.9. The molecule has 1 unspecified atom stereocenters. The number of carbonyl (C=O) groups is 2. The van der Waals surface area contributed by atoms with Crippen molar-refractivity contribution in [3.05, 3.63) is 68.7 Å². The summed E-state index contributed by atoms with van der Waals surface area (Å²) in [6, 6.07) is 12.3. The highest BCUT2D eigenvalue weighted by atomic mass is 35.5. The van der Waals surface area contributed by atoms with Crippen LogP contribution in [-0.4, -0.2) is 34.6 Å². The molecule has 1 N–H and O–H groups in total. The third kappa shape index (κ3) is 7.31. The maximum Gasteiger partial charge on any atom is 0.242 e. The molecule has 1 fully saturated rings. The molecule has 0 aromatic heterocycles. The number of thioether (sulfide) groups is 1. The van der Waals surface area contributed by atoms with Gasteiger partial charge in [-0.3, -0.25) is 9.59 Å². The summed E-state index contributed by atoms with van der Waals surface area (Å²) in [4.78, 5) is 27.7. The molecule has 0 radical (unpaired) electrons. The van der Waals surface area contributed by atoms with E-state index in [9.17, 15) is 9.59 Å². The van der Waals surface area contributed by atoms with E-state index in [0.29, 0.717) is 27.4 Å². The van der Waals surface area contributed by atoms with Gasteiger partial charge in [0.15, 0.2) is 0 Å². The lowest BCUT2D eigenvalue weighted by Gasteiger charge is -2.29. The van der Waals surface area contributed by atoms with Crippen LogP contribution < -0.4 is 5.32 Å². The van der Waals surface area contributed by atoms with E-state index in [1.807, 2.05) is 24.3 Å². The number of nitrogens with zero attached hydrogens (tertiary/aromatic N) is 1. The Labute approximate surface area is 209 Å². The van der Waals surface area contributed by atoms with E-state index in [2.05, 4.69) is 5.32 Å². The van der Waals surface area contributed by atoms with Crippen LogP contribution in [0.3, 0.4) is 0 Å². The lowest BCUT2D eigenvalue weighted by Crippen LogP contribution is -2.50. The van der Waals surface area contributed by atoms with Gasteiger partial charge >= 0.3 is 0 Å². The van der Waals surface area contributed by atoms with Crippen LogP contribution in [0.5, 0.6) is 0 Å². The van der Waals surface area contributed by atoms with Crippen LogP contribution in [0.2, 0.25) is 15.1 Å². The number of carbonyl (C=O) groups excluding carboxylic acids is 2. The average Bonchev–Trinajstić information content (AvgIpc) is 3.26. The summed E-state index contributed by atoms with van der Waals surface area (Å²) in [5, 5.41) is 4.87. The second kappa shape index (κ2) is 12.2. The molecule has 0 saturated heterocycles. The molecule has 4 nitrogen and oxygen atoms in total. The van der Waals surface area contributed by atoms with Gasteiger partial charge in [-0.1, -0.05) is 65.8 Å². The first-order chi connectivity index (χ1) is 15.3. The Balaban J connectivity index is 1.66. The highest BCUT2D eigenvalue weighted by Gasteiger charge is 2.28. The van der Waals surface area contributed by atoms with E-state index in [1.165, 1.54) is 11.8 Å². The predicted molar refractivity (Wildman–Crippen MR) is 134 cm³/mol. The van der Waals surface area contributed by atoms with E-state index in [1.54, 1.807) is 30.0 Å². The summed E-state index contributed by atoms with van der Waals surface area (Å²) >= 11 is 19.8. The zero-order chi connectivity index (χ0) is 23.1. The molecule has 2 amide bonds. The Morgan fingerprint density at radius 1 is 1.09 bits per heavy atom. The second-order valence-electron chi connectivity index (χ2n) is 8.05. The van der Waals surface area contributed by atoms with Gasteiger partial charge in [0.1, 0.15) is 6.04 Å². The molecule has 8 heteroatoms. The van der Waals surface area contributed by atoms with Crippen molar-refractivity contribution in [1.82, 2.24) is 10.2 Å². The highest BCUT2D eigenvalue weighted by Crippen LogP contribution is 2.25.